The van der Waals surface area contributed by atoms with Gasteiger partial charge in [0, 0.05) is 180 Å². The summed E-state index contributed by atoms with van der Waals surface area (Å²) in [4.78, 5) is 77.1. The molecule has 14 heterocycles. The minimum Gasteiger partial charge on any atom is -0.300 e. The van der Waals surface area contributed by atoms with Gasteiger partial charge in [0.1, 0.15) is 5.78 Å². The minimum atomic E-state index is 0.0879. The normalized spacial score (nSPS) is 15.2. The average Bonchev–Trinajstić information content (AvgIpc) is 0.817. The lowest BCUT2D eigenvalue weighted by molar-refractivity contribution is -0.117. The van der Waals surface area contributed by atoms with Crippen LogP contribution in [0.15, 0.2) is 343 Å². The molecule has 14 unspecified atom stereocenters. The van der Waals surface area contributed by atoms with E-state index in [1.54, 1.807) is 6.92 Å². The third-order valence-corrected chi connectivity index (χ3v) is 24.9. The number of carbonyl (C=O) groups excluding carboxylic acids is 1. The molecule has 0 aliphatic heterocycles. The molecule has 0 saturated carbocycles. The van der Waals surface area contributed by atoms with Gasteiger partial charge in [-0.3, -0.25) is 69.8 Å². The first-order valence-electron chi connectivity index (χ1n) is 41.8. The van der Waals surface area contributed by atoms with E-state index in [2.05, 4.69) is 247 Å². The molecular weight excluding hydrogens is 1440 g/mol. The Bertz CT molecular complexity index is 5060. The Morgan fingerprint density at radius 2 is 0.291 bits per heavy atom. The van der Waals surface area contributed by atoms with Crippen LogP contribution in [0.25, 0.3) is 0 Å². The number of carbonyl (C=O) groups is 1. The van der Waals surface area contributed by atoms with E-state index in [4.69, 9.17) is 0 Å². The second-order valence-electron chi connectivity index (χ2n) is 32.2. The highest BCUT2D eigenvalue weighted by Crippen LogP contribution is 2.51. The molecule has 0 aromatic carbocycles. The summed E-state index contributed by atoms with van der Waals surface area (Å²) in [5.74, 6) is 2.16. The summed E-state index contributed by atoms with van der Waals surface area (Å²) in [6, 6.07) is 62.4. The fourth-order valence-corrected chi connectivity index (χ4v) is 18.9. The summed E-state index contributed by atoms with van der Waals surface area (Å²) in [6.45, 7) is 4.06. The van der Waals surface area contributed by atoms with E-state index in [1.165, 1.54) is 77.9 Å². The molecule has 0 radical (unpaired) electrons. The van der Waals surface area contributed by atoms with Crippen molar-refractivity contribution in [2.75, 3.05) is 0 Å². The molecule has 0 fully saturated rings. The molecule has 0 aliphatic carbocycles. The summed E-state index contributed by atoms with van der Waals surface area (Å²) in [7, 11) is 0. The van der Waals surface area contributed by atoms with Crippen LogP contribution in [-0.2, 0) is 4.79 Å². The van der Waals surface area contributed by atoms with Crippen LogP contribution in [0.2, 0.25) is 0 Å². The van der Waals surface area contributed by atoms with Gasteiger partial charge in [0.05, 0.1) is 0 Å². The number of hydrogen-bond donors (Lipinski definition) is 0. The van der Waals surface area contributed by atoms with E-state index in [-0.39, 0.29) is 82.7 Å². The smallest absolute Gasteiger partial charge is 0.129 e. The summed E-state index contributed by atoms with van der Waals surface area (Å²) in [5.41, 5.74) is 17.8. The molecule has 0 N–H and O–H groups in total. The lowest BCUT2D eigenvalue weighted by atomic mass is 9.70. The Labute approximate surface area is 690 Å². The van der Waals surface area contributed by atoms with Gasteiger partial charge < -0.3 is 4.79 Å². The number of Topliss-reactive ketones (excluding diaryl/α,β-unsaturated/α-hetero) is 1. The van der Waals surface area contributed by atoms with Crippen molar-refractivity contribution in [2.45, 2.75) is 193 Å². The Kier molecular flexibility index (Phi) is 29.8. The zero-order chi connectivity index (χ0) is 79.8. The molecule has 15 nitrogen and oxygen atoms in total. The van der Waals surface area contributed by atoms with Crippen LogP contribution in [0.3, 0.4) is 0 Å². The fourth-order valence-electron chi connectivity index (χ4n) is 18.9. The first kappa shape index (κ1) is 81.3. The quantitative estimate of drug-likeness (QED) is 0.0349. The highest BCUT2D eigenvalue weighted by molar-refractivity contribution is 5.75. The van der Waals surface area contributed by atoms with Crippen LogP contribution in [-0.4, -0.2) is 75.6 Å². The molecule has 0 spiro atoms. The second kappa shape index (κ2) is 42.9. The van der Waals surface area contributed by atoms with Crippen molar-refractivity contribution in [3.05, 3.63) is 421 Å². The SMILES string of the molecule is CC(=O)CCC(CC(CC(CC(CC(CC(CC(CC(CC(CC(CC(CC(CC(CC(C)c1ccncc1)c1ccncc1)c1ccncc1)c1ccncc1)c1ccncc1)c1ccncc1)c1ccncc1)c1ccncc1)c1ccncc1)c1ccncc1)c1ccncc1)c1ccncc1)c1ccncc1)c1ccncc1. The van der Waals surface area contributed by atoms with Crippen LogP contribution in [0.4, 0.5) is 0 Å². The van der Waals surface area contributed by atoms with Gasteiger partial charge in [-0.15, -0.1) is 0 Å². The van der Waals surface area contributed by atoms with E-state index in [0.717, 1.165) is 89.9 Å². The van der Waals surface area contributed by atoms with E-state index >= 15 is 0 Å². The number of hydrogen-bond acceptors (Lipinski definition) is 15. The van der Waals surface area contributed by atoms with Gasteiger partial charge in [-0.1, -0.05) is 6.92 Å². The summed E-state index contributed by atoms with van der Waals surface area (Å²) in [6.07, 6.45) is 67.6. The molecule has 15 heteroatoms. The summed E-state index contributed by atoms with van der Waals surface area (Å²) in [5, 5.41) is 0. The standard InChI is InChI=1S/C102H106N14O/c1-74(76-5-33-103-34-6-76)61-91(78-9-37-105-38-10-78)63-93(80-13-41-107-42-14-80)65-95(82-17-45-109-46-18-82)67-97(84-21-49-111-50-22-84)69-99(86-25-53-113-54-26-86)71-101(88-29-57-115-58-30-88)73-102(89-31-59-116-60-32-89)72-100(87-27-55-114-56-28-87)70-98(85-23-51-112-52-24-85)68-96(83-19-47-110-48-20-83)66-94(81-15-43-108-44-16-81)64-92(79-11-39-106-40-12-79)62-90(4-3-75(2)117)77-7-35-104-36-8-77/h5-60,74,90-102H,3-4,61-73H2,1-2H3. The van der Waals surface area contributed by atoms with Crippen molar-refractivity contribution in [3.8, 4) is 0 Å². The topological polar surface area (TPSA) is 198 Å². The van der Waals surface area contributed by atoms with E-state index in [0.29, 0.717) is 12.3 Å². The Balaban J connectivity index is 0.801. The van der Waals surface area contributed by atoms with Crippen LogP contribution < -0.4 is 0 Å². The third kappa shape index (κ3) is 23.7. The molecule has 0 bridgehead atoms. The highest BCUT2D eigenvalue weighted by atomic mass is 16.1. The molecule has 14 atom stereocenters. The van der Waals surface area contributed by atoms with Crippen molar-refractivity contribution in [1.29, 1.82) is 0 Å². The van der Waals surface area contributed by atoms with Gasteiger partial charge >= 0.3 is 0 Å². The predicted octanol–water partition coefficient (Wildman–Crippen LogP) is 23.0. The van der Waals surface area contributed by atoms with Gasteiger partial charge in [0.2, 0.25) is 0 Å². The van der Waals surface area contributed by atoms with E-state index in [9.17, 15) is 4.79 Å². The van der Waals surface area contributed by atoms with E-state index < -0.39 is 0 Å². The van der Waals surface area contributed by atoms with Gasteiger partial charge in [0.25, 0.3) is 0 Å². The second-order valence-corrected chi connectivity index (χ2v) is 32.2. The molecule has 117 heavy (non-hydrogen) atoms. The first-order valence-corrected chi connectivity index (χ1v) is 41.8. The van der Waals surface area contributed by atoms with E-state index in [1.807, 2.05) is 174 Å². The predicted molar refractivity (Wildman–Crippen MR) is 463 cm³/mol. The van der Waals surface area contributed by atoms with Crippen LogP contribution in [0.5, 0.6) is 0 Å². The fraction of sp³-hybridized carbons (Fsp3) is 0.304. The van der Waals surface area contributed by atoms with Gasteiger partial charge in [-0.05, 0) is 427 Å². The third-order valence-electron chi connectivity index (χ3n) is 24.9. The summed E-state index contributed by atoms with van der Waals surface area (Å²) >= 11 is 0. The number of nitrogens with zero attached hydrogens (tertiary/aromatic N) is 14. The maximum Gasteiger partial charge on any atom is 0.129 e. The van der Waals surface area contributed by atoms with Crippen molar-refractivity contribution < 1.29 is 4.79 Å². The largest absolute Gasteiger partial charge is 0.300 e. The molecule has 14 aromatic heterocycles. The average molecular weight is 1540 g/mol. The van der Waals surface area contributed by atoms with Gasteiger partial charge in [-0.2, -0.15) is 0 Å². The Hall–Kier alpha value is -12.2. The first-order chi connectivity index (χ1) is 57.8. The van der Waals surface area contributed by atoms with Crippen LogP contribution in [0.1, 0.15) is 271 Å². The maximum atomic E-state index is 12.8. The van der Waals surface area contributed by atoms with Crippen LogP contribution in [0, 0.1) is 0 Å². The maximum absolute atomic E-state index is 12.8. The molecule has 0 amide bonds. The lowest BCUT2D eigenvalue weighted by Gasteiger charge is -2.35. The van der Waals surface area contributed by atoms with Gasteiger partial charge in [-0.25, -0.2) is 0 Å². The number of pyridine rings is 14. The zero-order valence-corrected chi connectivity index (χ0v) is 67.2. The molecule has 590 valence electrons. The van der Waals surface area contributed by atoms with Gasteiger partial charge in [0.15, 0.2) is 0 Å². The molecular formula is C102H106N14O. The lowest BCUT2D eigenvalue weighted by Crippen LogP contribution is -2.19. The molecule has 0 aliphatic rings. The number of aromatic nitrogens is 14. The minimum absolute atomic E-state index is 0.0879. The Morgan fingerprint density at radius 3 is 0.427 bits per heavy atom. The Morgan fingerprint density at radius 1 is 0.179 bits per heavy atom. The molecule has 0 saturated heterocycles. The van der Waals surface area contributed by atoms with Crippen LogP contribution >= 0.6 is 0 Å². The van der Waals surface area contributed by atoms with Crippen molar-refractivity contribution in [3.63, 3.8) is 0 Å². The number of rotatable bonds is 43. The van der Waals surface area contributed by atoms with Crippen molar-refractivity contribution >= 4 is 5.78 Å². The monoisotopic (exact) mass is 1540 g/mol. The zero-order valence-electron chi connectivity index (χ0n) is 67.2. The molecule has 14 aromatic rings. The number of ketones is 1. The molecule has 14 rings (SSSR count). The highest BCUT2D eigenvalue weighted by Gasteiger charge is 2.36. The van der Waals surface area contributed by atoms with Crippen molar-refractivity contribution in [1.82, 2.24) is 69.8 Å². The van der Waals surface area contributed by atoms with Crippen molar-refractivity contribution in [2.24, 2.45) is 0 Å². The summed E-state index contributed by atoms with van der Waals surface area (Å²) < 4.78 is 0.